The first-order valence-corrected chi connectivity index (χ1v) is 0. The fraction of sp³-hybridized carbons (Fsp3) is 0. The smallest absolute Gasteiger partial charge is 2.00 e. The third-order valence-corrected chi connectivity index (χ3v) is 0. The van der Waals surface area contributed by atoms with Crippen molar-refractivity contribution in [3.05, 3.63) is 0 Å². The molecule has 0 aromatic carbocycles. The Bertz CT molecular complexity index is 6.85. The summed E-state index contributed by atoms with van der Waals surface area (Å²) < 4.78 is 0. The fourth-order valence-corrected chi connectivity index (χ4v) is 0. The average Bonchev–Trinajstić information content (AvgIpc) is 0. The molecule has 5 heteroatoms. The van der Waals surface area contributed by atoms with Crippen molar-refractivity contribution < 1.29 is 32.9 Å². The van der Waals surface area contributed by atoms with Gasteiger partial charge in [-0.3, -0.25) is 0 Å². The van der Waals surface area contributed by atoms with Gasteiger partial charge in [0, 0.05) is 0 Å². The molecular formula is NiO3Sn. The number of rotatable bonds is 0. The van der Waals surface area contributed by atoms with E-state index in [2.05, 4.69) is 0 Å². The van der Waals surface area contributed by atoms with E-state index in [1.165, 1.54) is 0 Å². The summed E-state index contributed by atoms with van der Waals surface area (Å²) in [7, 11) is 0. The van der Waals surface area contributed by atoms with Crippen LogP contribution in [0.5, 0.6) is 0 Å². The van der Waals surface area contributed by atoms with Gasteiger partial charge < -0.3 is 16.4 Å². The van der Waals surface area contributed by atoms with Gasteiger partial charge in [0.1, 0.15) is 0 Å². The van der Waals surface area contributed by atoms with Crippen molar-refractivity contribution in [2.45, 2.75) is 0 Å². The van der Waals surface area contributed by atoms with Gasteiger partial charge in [-0.25, -0.2) is 0 Å². The molecule has 0 rings (SSSR count). The first kappa shape index (κ1) is 120. The Balaban J connectivity index is 0. The zero-order valence-corrected chi connectivity index (χ0v) is 5.88. The Morgan fingerprint density at radius 1 is 0.600 bits per heavy atom. The van der Waals surface area contributed by atoms with E-state index in [0.29, 0.717) is 0 Å². The van der Waals surface area contributed by atoms with Crippen molar-refractivity contribution >= 4 is 23.9 Å². The maximum absolute atomic E-state index is 0. The molecule has 0 radical (unpaired) electrons. The van der Waals surface area contributed by atoms with Gasteiger partial charge in [-0.1, -0.05) is 0 Å². The standard InChI is InChI=1S/Ni.3O.Sn/q+2;3*-2;+4. The molecule has 0 bridgehead atoms. The molecule has 0 unspecified atom stereocenters. The zero-order valence-electron chi connectivity index (χ0n) is 2.04. The van der Waals surface area contributed by atoms with E-state index in [1.807, 2.05) is 0 Å². The molecule has 5 heavy (non-hydrogen) atoms. The summed E-state index contributed by atoms with van der Waals surface area (Å²) in [4.78, 5) is 0. The molecule has 0 aromatic heterocycles. The Labute approximate surface area is 56.9 Å². The van der Waals surface area contributed by atoms with Crippen LogP contribution in [0.4, 0.5) is 0 Å². The van der Waals surface area contributed by atoms with Crippen molar-refractivity contribution in [2.24, 2.45) is 0 Å². The summed E-state index contributed by atoms with van der Waals surface area (Å²) in [5.41, 5.74) is 0. The predicted molar refractivity (Wildman–Crippen MR) is 7.81 cm³/mol. The molecule has 0 heterocycles. The van der Waals surface area contributed by atoms with Crippen LogP contribution in [0.2, 0.25) is 0 Å². The first-order chi connectivity index (χ1) is 0. The molecule has 0 N–H and O–H groups in total. The Morgan fingerprint density at radius 2 is 0.600 bits per heavy atom. The molecule has 0 aliphatic carbocycles. The van der Waals surface area contributed by atoms with E-state index in [9.17, 15) is 0 Å². The SMILES string of the molecule is [Ni+2].[O-2].[O-2].[O-2].[Sn+4]. The molecule has 0 amide bonds. The molecule has 0 aromatic rings. The molecule has 0 saturated heterocycles. The summed E-state index contributed by atoms with van der Waals surface area (Å²) in [5.74, 6) is 0. The van der Waals surface area contributed by atoms with Crippen molar-refractivity contribution in [1.82, 2.24) is 0 Å². The van der Waals surface area contributed by atoms with Crippen molar-refractivity contribution in [3.63, 3.8) is 0 Å². The minimum Gasteiger partial charge on any atom is -2.00 e. The van der Waals surface area contributed by atoms with Gasteiger partial charge in [-0.05, 0) is 0 Å². The van der Waals surface area contributed by atoms with E-state index in [-0.39, 0.29) is 56.8 Å². The first-order valence-electron chi connectivity index (χ1n) is 0. The second-order valence-electron chi connectivity index (χ2n) is 0. The molecule has 0 aliphatic heterocycles. The summed E-state index contributed by atoms with van der Waals surface area (Å²) >= 11 is 0. The van der Waals surface area contributed by atoms with Crippen molar-refractivity contribution in [1.29, 1.82) is 0 Å². The summed E-state index contributed by atoms with van der Waals surface area (Å²) in [6.07, 6.45) is 0. The fourth-order valence-electron chi connectivity index (χ4n) is 0. The van der Waals surface area contributed by atoms with Gasteiger partial charge in [0.15, 0.2) is 0 Å². The third kappa shape index (κ3) is 37.9. The molecule has 0 aliphatic rings. The van der Waals surface area contributed by atoms with E-state index >= 15 is 0 Å². The largest absolute Gasteiger partial charge is 4.00 e. The van der Waals surface area contributed by atoms with E-state index < -0.39 is 0 Å². The number of hydrogen-bond donors (Lipinski definition) is 0. The molecule has 0 spiro atoms. The Morgan fingerprint density at radius 3 is 0.600 bits per heavy atom. The molecule has 3 nitrogen and oxygen atoms in total. The van der Waals surface area contributed by atoms with Crippen LogP contribution in [0.15, 0.2) is 0 Å². The van der Waals surface area contributed by atoms with Gasteiger partial charge >= 0.3 is 40.4 Å². The third-order valence-electron chi connectivity index (χ3n) is 0. The van der Waals surface area contributed by atoms with Gasteiger partial charge in [0.05, 0.1) is 0 Å². The quantitative estimate of drug-likeness (QED) is 0.486. The normalized spacial score (nSPS) is 0. The summed E-state index contributed by atoms with van der Waals surface area (Å²) in [6.45, 7) is 0. The second-order valence-corrected chi connectivity index (χ2v) is 0. The van der Waals surface area contributed by atoms with Crippen molar-refractivity contribution in [3.8, 4) is 0 Å². The van der Waals surface area contributed by atoms with Crippen LogP contribution in [-0.4, -0.2) is 23.9 Å². The van der Waals surface area contributed by atoms with Crippen LogP contribution in [0.25, 0.3) is 0 Å². The van der Waals surface area contributed by atoms with E-state index in [1.54, 1.807) is 0 Å². The molecule has 32 valence electrons. The monoisotopic (exact) mass is 226 g/mol. The number of hydrogen-bond acceptors (Lipinski definition) is 0. The van der Waals surface area contributed by atoms with Gasteiger partial charge in [0.2, 0.25) is 0 Å². The minimum absolute atomic E-state index is 0. The van der Waals surface area contributed by atoms with Crippen LogP contribution in [0.1, 0.15) is 0 Å². The summed E-state index contributed by atoms with van der Waals surface area (Å²) in [6, 6.07) is 0. The van der Waals surface area contributed by atoms with Gasteiger partial charge in [-0.2, -0.15) is 0 Å². The van der Waals surface area contributed by atoms with Crippen LogP contribution in [-0.2, 0) is 32.9 Å². The van der Waals surface area contributed by atoms with Crippen LogP contribution >= 0.6 is 0 Å². The second kappa shape index (κ2) is 65.5. The Kier molecular flexibility index (Phi) is 1570. The van der Waals surface area contributed by atoms with Crippen LogP contribution in [0, 0.1) is 0 Å². The van der Waals surface area contributed by atoms with Gasteiger partial charge in [0.25, 0.3) is 0 Å². The molecule has 0 atom stereocenters. The average molecular weight is 225 g/mol. The Hall–Kier alpha value is 1.17. The van der Waals surface area contributed by atoms with Crippen LogP contribution < -0.4 is 0 Å². The minimum atomic E-state index is 0. The van der Waals surface area contributed by atoms with E-state index in [0.717, 1.165) is 0 Å². The molecular weight excluding hydrogens is 225 g/mol. The summed E-state index contributed by atoms with van der Waals surface area (Å²) in [5, 5.41) is 0. The molecule has 0 saturated carbocycles. The van der Waals surface area contributed by atoms with E-state index in [4.69, 9.17) is 0 Å². The maximum Gasteiger partial charge on any atom is 4.00 e. The molecule has 0 fully saturated rings. The van der Waals surface area contributed by atoms with Crippen LogP contribution in [0.3, 0.4) is 0 Å². The predicted octanol–water partition coefficient (Wildman–Crippen LogP) is -0.740. The van der Waals surface area contributed by atoms with Gasteiger partial charge in [-0.15, -0.1) is 0 Å². The van der Waals surface area contributed by atoms with Crippen molar-refractivity contribution in [2.75, 3.05) is 0 Å². The maximum atomic E-state index is 0. The zero-order chi connectivity index (χ0) is 0. The topological polar surface area (TPSA) is 85.5 Å².